The van der Waals surface area contributed by atoms with Crippen LogP contribution in [-0.2, 0) is 0 Å². The molecule has 0 saturated heterocycles. The molecule has 0 unspecified atom stereocenters. The van der Waals surface area contributed by atoms with Gasteiger partial charge in [-0.2, -0.15) is 5.26 Å². The molecule has 0 aromatic carbocycles. The lowest BCUT2D eigenvalue weighted by atomic mass is 10.3. The summed E-state index contributed by atoms with van der Waals surface area (Å²) in [5, 5.41) is 8.18. The third-order valence-electron chi connectivity index (χ3n) is 0.739. The Kier molecular flexibility index (Phi) is 3.38. The van der Waals surface area contributed by atoms with Crippen LogP contribution in [0.4, 0.5) is 4.39 Å². The fourth-order valence-corrected chi connectivity index (χ4v) is 0.277. The average molecular weight is 125 g/mol. The normalized spacial score (nSPS) is 13.1. The number of hydrogen-bond acceptors (Lipinski definition) is 1. The Bertz CT molecular complexity index is 180. The molecule has 9 heavy (non-hydrogen) atoms. The topological polar surface area (TPSA) is 23.8 Å². The third kappa shape index (κ3) is 4.76. The summed E-state index contributed by atoms with van der Waals surface area (Å²) in [6.45, 7) is 2.96. The van der Waals surface area contributed by atoms with Crippen molar-refractivity contribution in [2.45, 2.75) is 13.8 Å². The van der Waals surface area contributed by atoms with Gasteiger partial charge in [0.1, 0.15) is 0 Å². The summed E-state index contributed by atoms with van der Waals surface area (Å²) in [4.78, 5) is 0. The molecule has 0 N–H and O–H groups in total. The van der Waals surface area contributed by atoms with Crippen molar-refractivity contribution in [2.24, 2.45) is 0 Å². The molecular weight excluding hydrogens is 117 g/mol. The first kappa shape index (κ1) is 7.90. The number of rotatable bonds is 1. The summed E-state index contributed by atoms with van der Waals surface area (Å²) in [7, 11) is 0. The number of allylic oxidation sites excluding steroid dienone is 4. The molecule has 0 aliphatic carbocycles. The monoisotopic (exact) mass is 125 g/mol. The van der Waals surface area contributed by atoms with Crippen LogP contribution in [-0.4, -0.2) is 0 Å². The van der Waals surface area contributed by atoms with Gasteiger partial charge in [-0.3, -0.25) is 0 Å². The zero-order valence-corrected chi connectivity index (χ0v) is 5.48. The molecule has 0 spiro atoms. The largest absolute Gasteiger partial charge is 0.212 e. The Morgan fingerprint density at radius 3 is 2.33 bits per heavy atom. The molecule has 0 saturated carbocycles. The number of nitriles is 1. The van der Waals surface area contributed by atoms with E-state index in [4.69, 9.17) is 5.26 Å². The molecule has 1 nitrogen and oxygen atoms in total. The molecule has 0 aliphatic heterocycles. The maximum atomic E-state index is 11.9. The second-order valence-electron chi connectivity index (χ2n) is 1.71. The minimum Gasteiger partial charge on any atom is -0.212 e. The highest BCUT2D eigenvalue weighted by Gasteiger charge is 1.80. The van der Waals surface area contributed by atoms with E-state index < -0.39 is 0 Å². The SMILES string of the molecule is CC(F)=CC=C(C)C#N. The molecular formula is C7H8FN. The second kappa shape index (κ2) is 3.85. The molecule has 0 amide bonds. The van der Waals surface area contributed by atoms with Crippen LogP contribution >= 0.6 is 0 Å². The van der Waals surface area contributed by atoms with Crippen LogP contribution in [0.5, 0.6) is 0 Å². The Hall–Kier alpha value is -1.10. The Labute approximate surface area is 54.1 Å². The molecule has 48 valence electrons. The smallest absolute Gasteiger partial charge is 0.0969 e. The lowest BCUT2D eigenvalue weighted by Gasteiger charge is -1.79. The molecule has 2 heteroatoms. The Morgan fingerprint density at radius 2 is 2.00 bits per heavy atom. The van der Waals surface area contributed by atoms with Gasteiger partial charge in [-0.25, -0.2) is 4.39 Å². The van der Waals surface area contributed by atoms with Crippen LogP contribution in [0.2, 0.25) is 0 Å². The second-order valence-corrected chi connectivity index (χ2v) is 1.71. The van der Waals surface area contributed by atoms with Gasteiger partial charge in [0.15, 0.2) is 0 Å². The molecule has 0 aromatic heterocycles. The molecule has 0 fully saturated rings. The van der Waals surface area contributed by atoms with Crippen LogP contribution in [0, 0.1) is 11.3 Å². The van der Waals surface area contributed by atoms with E-state index >= 15 is 0 Å². The van der Waals surface area contributed by atoms with Gasteiger partial charge < -0.3 is 0 Å². The van der Waals surface area contributed by atoms with Crippen LogP contribution in [0.3, 0.4) is 0 Å². The molecule has 0 radical (unpaired) electrons. The number of hydrogen-bond donors (Lipinski definition) is 0. The highest BCUT2D eigenvalue weighted by atomic mass is 19.1. The van der Waals surface area contributed by atoms with Gasteiger partial charge in [-0.05, 0) is 26.0 Å². The first-order valence-corrected chi connectivity index (χ1v) is 2.57. The van der Waals surface area contributed by atoms with Crippen LogP contribution in [0.25, 0.3) is 0 Å². The molecule has 0 aliphatic rings. The van der Waals surface area contributed by atoms with Crippen molar-refractivity contribution in [1.29, 1.82) is 5.26 Å². The zero-order valence-electron chi connectivity index (χ0n) is 5.48. The van der Waals surface area contributed by atoms with E-state index in [1.807, 2.05) is 6.07 Å². The molecule has 0 atom stereocenters. The van der Waals surface area contributed by atoms with Gasteiger partial charge in [0.2, 0.25) is 0 Å². The first-order valence-electron chi connectivity index (χ1n) is 2.57. The van der Waals surface area contributed by atoms with E-state index in [1.54, 1.807) is 6.92 Å². The summed E-state index contributed by atoms with van der Waals surface area (Å²) in [5.74, 6) is -0.287. The molecule has 0 rings (SSSR count). The highest BCUT2D eigenvalue weighted by molar-refractivity contribution is 5.23. The quantitative estimate of drug-likeness (QED) is 0.389. The predicted molar refractivity (Wildman–Crippen MR) is 34.2 cm³/mol. The van der Waals surface area contributed by atoms with Crippen LogP contribution in [0.15, 0.2) is 23.6 Å². The summed E-state index contributed by atoms with van der Waals surface area (Å²) in [6, 6.07) is 1.87. The van der Waals surface area contributed by atoms with E-state index in [-0.39, 0.29) is 5.83 Å². The fraction of sp³-hybridized carbons (Fsp3) is 0.286. The maximum absolute atomic E-state index is 11.9. The Morgan fingerprint density at radius 1 is 1.44 bits per heavy atom. The van der Waals surface area contributed by atoms with Crippen molar-refractivity contribution in [3.63, 3.8) is 0 Å². The van der Waals surface area contributed by atoms with Crippen LogP contribution in [0.1, 0.15) is 13.8 Å². The van der Waals surface area contributed by atoms with Crippen molar-refractivity contribution in [2.75, 3.05) is 0 Å². The van der Waals surface area contributed by atoms with Gasteiger partial charge in [0.25, 0.3) is 0 Å². The zero-order chi connectivity index (χ0) is 7.28. The van der Waals surface area contributed by atoms with Gasteiger partial charge in [0.05, 0.1) is 11.9 Å². The van der Waals surface area contributed by atoms with Crippen molar-refractivity contribution < 1.29 is 4.39 Å². The summed E-state index contributed by atoms with van der Waals surface area (Å²) in [6.07, 6.45) is 2.70. The standard InChI is InChI=1S/C7H8FN/c1-6(5-9)3-4-7(2)8/h3-4H,1-2H3. The third-order valence-corrected chi connectivity index (χ3v) is 0.739. The van der Waals surface area contributed by atoms with Crippen molar-refractivity contribution in [3.8, 4) is 6.07 Å². The van der Waals surface area contributed by atoms with E-state index in [9.17, 15) is 4.39 Å². The van der Waals surface area contributed by atoms with Gasteiger partial charge in [-0.15, -0.1) is 0 Å². The summed E-state index contributed by atoms with van der Waals surface area (Å²) < 4.78 is 11.9. The van der Waals surface area contributed by atoms with E-state index in [2.05, 4.69) is 0 Å². The summed E-state index contributed by atoms with van der Waals surface area (Å²) in [5.41, 5.74) is 0.506. The molecule has 0 heterocycles. The van der Waals surface area contributed by atoms with E-state index in [0.29, 0.717) is 5.57 Å². The lowest BCUT2D eigenvalue weighted by molar-refractivity contribution is 0.640. The van der Waals surface area contributed by atoms with Crippen molar-refractivity contribution >= 4 is 0 Å². The van der Waals surface area contributed by atoms with Crippen molar-refractivity contribution in [1.82, 2.24) is 0 Å². The van der Waals surface area contributed by atoms with Gasteiger partial charge in [0, 0.05) is 5.57 Å². The lowest BCUT2D eigenvalue weighted by Crippen LogP contribution is -1.64. The Balaban J connectivity index is 4.03. The van der Waals surface area contributed by atoms with E-state index in [1.165, 1.54) is 19.1 Å². The highest BCUT2D eigenvalue weighted by Crippen LogP contribution is 1.96. The van der Waals surface area contributed by atoms with Crippen LogP contribution < -0.4 is 0 Å². The number of halogens is 1. The predicted octanol–water partition coefficient (Wildman–Crippen LogP) is 2.33. The van der Waals surface area contributed by atoms with Gasteiger partial charge >= 0.3 is 0 Å². The molecule has 0 aromatic rings. The minimum atomic E-state index is -0.287. The fourth-order valence-electron chi connectivity index (χ4n) is 0.277. The average Bonchev–Trinajstić information content (AvgIpc) is 1.83. The van der Waals surface area contributed by atoms with Crippen molar-refractivity contribution in [3.05, 3.63) is 23.6 Å². The maximum Gasteiger partial charge on any atom is 0.0969 e. The number of nitrogens with zero attached hydrogens (tertiary/aromatic N) is 1. The minimum absolute atomic E-state index is 0.287. The van der Waals surface area contributed by atoms with E-state index in [0.717, 1.165) is 0 Å². The molecule has 0 bridgehead atoms. The summed E-state index contributed by atoms with van der Waals surface area (Å²) >= 11 is 0. The van der Waals surface area contributed by atoms with Gasteiger partial charge in [-0.1, -0.05) is 0 Å². The first-order chi connectivity index (χ1) is 4.16.